The number of nitrogens with zero attached hydrogens (tertiary/aromatic N) is 1. The summed E-state index contributed by atoms with van der Waals surface area (Å²) in [5.74, 6) is -0.187. The number of halogens is 1. The minimum absolute atomic E-state index is 0.187. The first-order chi connectivity index (χ1) is 10.2. The Morgan fingerprint density at radius 1 is 1.33 bits per heavy atom. The summed E-state index contributed by atoms with van der Waals surface area (Å²) in [6, 6.07) is 7.54. The van der Waals surface area contributed by atoms with Crippen LogP contribution in [0.25, 0.3) is 0 Å². The van der Waals surface area contributed by atoms with E-state index in [-0.39, 0.29) is 18.5 Å². The molecule has 1 heterocycles. The number of benzene rings is 1. The molecule has 0 aliphatic carbocycles. The van der Waals surface area contributed by atoms with Gasteiger partial charge >= 0.3 is 0 Å². The molecule has 1 saturated heterocycles. The van der Waals surface area contributed by atoms with Crippen molar-refractivity contribution in [2.45, 2.75) is 44.2 Å². The lowest BCUT2D eigenvalue weighted by Gasteiger charge is -2.36. The van der Waals surface area contributed by atoms with Crippen LogP contribution in [0.3, 0.4) is 0 Å². The molecular formula is C17H27FN2O. The molecule has 2 N–H and O–H groups in total. The first-order valence-corrected chi connectivity index (χ1v) is 8.02. The fraction of sp³-hybridized carbons (Fsp3) is 0.647. The number of aliphatic hydroxyl groups excluding tert-OH is 1. The van der Waals surface area contributed by atoms with E-state index in [1.165, 1.54) is 31.4 Å². The third-order valence-electron chi connectivity index (χ3n) is 4.54. The Morgan fingerprint density at radius 2 is 2.10 bits per heavy atom. The van der Waals surface area contributed by atoms with Crippen LogP contribution in [0.15, 0.2) is 24.3 Å². The Balaban J connectivity index is 1.90. The fourth-order valence-corrected chi connectivity index (χ4v) is 3.30. The van der Waals surface area contributed by atoms with Crippen LogP contribution in [0, 0.1) is 5.82 Å². The topological polar surface area (TPSA) is 35.5 Å². The maximum Gasteiger partial charge on any atom is 0.123 e. The second-order valence-electron chi connectivity index (χ2n) is 5.88. The molecule has 1 aliphatic rings. The first kappa shape index (κ1) is 16.4. The van der Waals surface area contributed by atoms with Gasteiger partial charge in [0.1, 0.15) is 5.82 Å². The molecule has 118 valence electrons. The van der Waals surface area contributed by atoms with Crippen LogP contribution in [-0.2, 0) is 0 Å². The maximum absolute atomic E-state index is 13.0. The lowest BCUT2D eigenvalue weighted by molar-refractivity contribution is 0.114. The molecule has 21 heavy (non-hydrogen) atoms. The average molecular weight is 294 g/mol. The number of nitrogens with one attached hydrogen (secondary N) is 1. The van der Waals surface area contributed by atoms with E-state index in [9.17, 15) is 9.50 Å². The summed E-state index contributed by atoms with van der Waals surface area (Å²) in [4.78, 5) is 2.51. The van der Waals surface area contributed by atoms with Gasteiger partial charge in [-0.2, -0.15) is 0 Å². The molecule has 0 radical (unpaired) electrons. The van der Waals surface area contributed by atoms with Crippen LogP contribution in [0.4, 0.5) is 4.39 Å². The van der Waals surface area contributed by atoms with E-state index in [1.807, 2.05) is 19.2 Å². The smallest absolute Gasteiger partial charge is 0.123 e. The van der Waals surface area contributed by atoms with Crippen molar-refractivity contribution < 1.29 is 9.50 Å². The van der Waals surface area contributed by atoms with Gasteiger partial charge in [0.2, 0.25) is 0 Å². The second-order valence-corrected chi connectivity index (χ2v) is 5.88. The molecule has 2 unspecified atom stereocenters. The highest BCUT2D eigenvalue weighted by molar-refractivity contribution is 5.19. The van der Waals surface area contributed by atoms with Crippen LogP contribution in [0.2, 0.25) is 0 Å². The van der Waals surface area contributed by atoms with Gasteiger partial charge in [-0.25, -0.2) is 4.39 Å². The molecule has 1 fully saturated rings. The normalized spacial score (nSPS) is 21.4. The van der Waals surface area contributed by atoms with E-state index >= 15 is 0 Å². The van der Waals surface area contributed by atoms with Crippen LogP contribution in [0.5, 0.6) is 0 Å². The van der Waals surface area contributed by atoms with E-state index in [1.54, 1.807) is 0 Å². The zero-order valence-corrected chi connectivity index (χ0v) is 12.9. The molecule has 2 atom stereocenters. The van der Waals surface area contributed by atoms with E-state index in [0.29, 0.717) is 6.04 Å². The summed E-state index contributed by atoms with van der Waals surface area (Å²) in [5.41, 5.74) is 1.13. The third-order valence-corrected chi connectivity index (χ3v) is 4.54. The lowest BCUT2D eigenvalue weighted by atomic mass is 9.97. The van der Waals surface area contributed by atoms with Gasteiger partial charge in [-0.15, -0.1) is 0 Å². The van der Waals surface area contributed by atoms with Gasteiger partial charge in [0.15, 0.2) is 0 Å². The number of aliphatic hydroxyl groups is 1. The van der Waals surface area contributed by atoms with Gasteiger partial charge in [0, 0.05) is 25.2 Å². The van der Waals surface area contributed by atoms with Crippen LogP contribution in [-0.4, -0.2) is 42.8 Å². The number of likely N-dealkylation sites (tertiary alicyclic amines) is 1. The van der Waals surface area contributed by atoms with Crippen LogP contribution >= 0.6 is 0 Å². The zero-order chi connectivity index (χ0) is 15.1. The highest BCUT2D eigenvalue weighted by Crippen LogP contribution is 2.23. The quantitative estimate of drug-likeness (QED) is 0.811. The number of piperidine rings is 1. The number of hydrogen-bond donors (Lipinski definition) is 2. The second kappa shape index (κ2) is 8.47. The molecular weight excluding hydrogens is 267 g/mol. The molecule has 1 aromatic carbocycles. The monoisotopic (exact) mass is 294 g/mol. The molecule has 1 aromatic rings. The highest BCUT2D eigenvalue weighted by Gasteiger charge is 2.22. The summed E-state index contributed by atoms with van der Waals surface area (Å²) in [5, 5.41) is 12.5. The van der Waals surface area contributed by atoms with Crippen LogP contribution in [0.1, 0.15) is 43.7 Å². The van der Waals surface area contributed by atoms with Crippen molar-refractivity contribution in [3.8, 4) is 0 Å². The Kier molecular flexibility index (Phi) is 6.61. The van der Waals surface area contributed by atoms with Crippen molar-refractivity contribution in [2.75, 3.05) is 26.7 Å². The Morgan fingerprint density at radius 3 is 2.76 bits per heavy atom. The van der Waals surface area contributed by atoms with Crippen molar-refractivity contribution in [1.82, 2.24) is 10.2 Å². The summed E-state index contributed by atoms with van der Waals surface area (Å²) < 4.78 is 13.0. The van der Waals surface area contributed by atoms with Crippen molar-refractivity contribution >= 4 is 0 Å². The largest absolute Gasteiger partial charge is 0.396 e. The predicted octanol–water partition coefficient (Wildman–Crippen LogP) is 2.71. The van der Waals surface area contributed by atoms with E-state index in [0.717, 1.165) is 31.5 Å². The third kappa shape index (κ3) is 4.77. The highest BCUT2D eigenvalue weighted by atomic mass is 19.1. The Hall–Kier alpha value is -0.970. The van der Waals surface area contributed by atoms with Crippen molar-refractivity contribution in [3.63, 3.8) is 0 Å². The van der Waals surface area contributed by atoms with Crippen LogP contribution < -0.4 is 5.32 Å². The molecule has 3 nitrogen and oxygen atoms in total. The Bertz CT molecular complexity index is 408. The number of rotatable bonds is 7. The SMILES string of the molecule is CNC(CCN1CCCCC1CCO)c1ccc(F)cc1. The van der Waals surface area contributed by atoms with Crippen molar-refractivity contribution in [3.05, 3.63) is 35.6 Å². The zero-order valence-electron chi connectivity index (χ0n) is 12.9. The molecule has 0 aromatic heterocycles. The molecule has 2 rings (SSSR count). The lowest BCUT2D eigenvalue weighted by Crippen LogP contribution is -2.41. The minimum Gasteiger partial charge on any atom is -0.396 e. The van der Waals surface area contributed by atoms with Crippen molar-refractivity contribution in [1.29, 1.82) is 0 Å². The fourth-order valence-electron chi connectivity index (χ4n) is 3.30. The average Bonchev–Trinajstić information content (AvgIpc) is 2.51. The van der Waals surface area contributed by atoms with Crippen molar-refractivity contribution in [2.24, 2.45) is 0 Å². The van der Waals surface area contributed by atoms with Gasteiger partial charge in [0.05, 0.1) is 0 Å². The van der Waals surface area contributed by atoms with Gasteiger partial charge in [-0.3, -0.25) is 0 Å². The van der Waals surface area contributed by atoms with Gasteiger partial charge in [-0.1, -0.05) is 18.6 Å². The van der Waals surface area contributed by atoms with Gasteiger partial charge in [-0.05, 0) is 57.0 Å². The summed E-state index contributed by atoms with van der Waals surface area (Å²) in [6.45, 7) is 2.42. The van der Waals surface area contributed by atoms with Gasteiger partial charge in [0.25, 0.3) is 0 Å². The molecule has 0 amide bonds. The molecule has 0 spiro atoms. The molecule has 0 bridgehead atoms. The van der Waals surface area contributed by atoms with Gasteiger partial charge < -0.3 is 15.3 Å². The summed E-state index contributed by atoms with van der Waals surface area (Å²) in [6.07, 6.45) is 5.60. The first-order valence-electron chi connectivity index (χ1n) is 8.02. The molecule has 4 heteroatoms. The van der Waals surface area contributed by atoms with E-state index < -0.39 is 0 Å². The number of hydrogen-bond acceptors (Lipinski definition) is 3. The summed E-state index contributed by atoms with van der Waals surface area (Å²) in [7, 11) is 1.95. The molecule has 1 aliphatic heterocycles. The Labute approximate surface area is 127 Å². The predicted molar refractivity (Wildman–Crippen MR) is 83.7 cm³/mol. The molecule has 0 saturated carbocycles. The maximum atomic E-state index is 13.0. The minimum atomic E-state index is -0.187. The standard InChI is InChI=1S/C17H27FN2O/c1-19-17(14-5-7-15(18)8-6-14)9-12-20-11-3-2-4-16(20)10-13-21/h5-8,16-17,19,21H,2-4,9-13H2,1H3. The van der Waals surface area contributed by atoms with E-state index in [4.69, 9.17) is 0 Å². The van der Waals surface area contributed by atoms with E-state index in [2.05, 4.69) is 10.2 Å². The summed E-state index contributed by atoms with van der Waals surface area (Å²) >= 11 is 0.